The molecule has 31 heavy (non-hydrogen) atoms. The molecule has 0 spiro atoms. The van der Waals surface area contributed by atoms with Crippen LogP contribution in [-0.4, -0.2) is 52.1 Å². The van der Waals surface area contributed by atoms with E-state index in [1.165, 1.54) is 19.5 Å². The maximum absolute atomic E-state index is 13.1. The van der Waals surface area contributed by atoms with E-state index in [9.17, 15) is 4.79 Å². The predicted octanol–water partition coefficient (Wildman–Crippen LogP) is 1.70. The maximum Gasteiger partial charge on any atom is 0.276 e. The molecule has 1 aliphatic heterocycles. The molecule has 1 fully saturated rings. The van der Waals surface area contributed by atoms with Gasteiger partial charge in [-0.05, 0) is 31.0 Å². The number of carbonyl (C=O) groups excluding carboxylic acids is 1. The summed E-state index contributed by atoms with van der Waals surface area (Å²) in [5.74, 6) is -0.139. The van der Waals surface area contributed by atoms with Gasteiger partial charge in [-0.1, -0.05) is 0 Å². The first-order chi connectivity index (χ1) is 15.1. The van der Waals surface area contributed by atoms with Gasteiger partial charge in [0.2, 0.25) is 5.88 Å². The highest BCUT2D eigenvalue weighted by Gasteiger charge is 2.22. The zero-order chi connectivity index (χ0) is 21.8. The first-order valence-corrected chi connectivity index (χ1v) is 9.94. The number of amides is 1. The Kier molecular flexibility index (Phi) is 5.89. The summed E-state index contributed by atoms with van der Waals surface area (Å²) in [6.45, 7) is 1.58. The summed E-state index contributed by atoms with van der Waals surface area (Å²) in [6, 6.07) is 5.25. The van der Waals surface area contributed by atoms with Gasteiger partial charge in [-0.15, -0.1) is 0 Å². The lowest BCUT2D eigenvalue weighted by molar-refractivity contribution is 0.102. The number of piperidine rings is 1. The van der Waals surface area contributed by atoms with Crippen LogP contribution in [0.1, 0.15) is 23.3 Å². The van der Waals surface area contributed by atoms with E-state index >= 15 is 0 Å². The molecule has 0 saturated carbocycles. The number of rotatable bonds is 5. The Labute approximate surface area is 179 Å². The van der Waals surface area contributed by atoms with Crippen molar-refractivity contribution in [2.45, 2.75) is 18.9 Å². The van der Waals surface area contributed by atoms with Crippen LogP contribution in [0.15, 0.2) is 43.0 Å². The number of nitrogens with two attached hydrogens (primary N) is 2. The van der Waals surface area contributed by atoms with Crippen molar-refractivity contribution in [3.05, 3.63) is 48.7 Å². The van der Waals surface area contributed by atoms with E-state index in [0.717, 1.165) is 31.6 Å². The molecule has 0 radical (unpaired) electrons. The smallest absolute Gasteiger partial charge is 0.276 e. The van der Waals surface area contributed by atoms with Crippen LogP contribution in [-0.2, 0) is 0 Å². The summed E-state index contributed by atoms with van der Waals surface area (Å²) in [7, 11) is 1.49. The van der Waals surface area contributed by atoms with Gasteiger partial charge in [0, 0.05) is 37.7 Å². The monoisotopic (exact) mass is 420 g/mol. The van der Waals surface area contributed by atoms with Gasteiger partial charge >= 0.3 is 0 Å². The molecule has 1 amide bonds. The van der Waals surface area contributed by atoms with Crippen molar-refractivity contribution < 1.29 is 9.53 Å². The molecular formula is C21H24N8O2. The minimum atomic E-state index is -0.447. The maximum atomic E-state index is 13.1. The second-order valence-electron chi connectivity index (χ2n) is 7.24. The highest BCUT2D eigenvalue weighted by molar-refractivity contribution is 6.07. The van der Waals surface area contributed by atoms with Gasteiger partial charge in [0.15, 0.2) is 11.4 Å². The summed E-state index contributed by atoms with van der Waals surface area (Å²) in [4.78, 5) is 32.2. The summed E-state index contributed by atoms with van der Waals surface area (Å²) in [6.07, 6.45) is 8.33. The number of nitrogen functional groups attached to an aromatic ring is 1. The molecule has 3 aromatic rings. The lowest BCUT2D eigenvalue weighted by Crippen LogP contribution is -2.43. The molecule has 0 aromatic carbocycles. The standard InChI is InChI=1S/C21H24N8O2/c1-31-21-19(25-8-9-26-21)15-5-4-14(23)18(27-15)20(30)28-16-11-24-7-6-17(16)29-10-2-3-13(22)12-29/h4-9,11,13H,2-3,10,12,22-23H2,1H3,(H,28,30). The lowest BCUT2D eigenvalue weighted by atomic mass is 10.1. The highest BCUT2D eigenvalue weighted by Crippen LogP contribution is 2.29. The van der Waals surface area contributed by atoms with Crippen molar-refractivity contribution in [1.29, 1.82) is 0 Å². The molecule has 10 nitrogen and oxygen atoms in total. The Balaban J connectivity index is 1.63. The Morgan fingerprint density at radius 2 is 2.06 bits per heavy atom. The van der Waals surface area contributed by atoms with E-state index in [4.69, 9.17) is 16.2 Å². The normalized spacial score (nSPS) is 16.1. The predicted molar refractivity (Wildman–Crippen MR) is 118 cm³/mol. The number of pyridine rings is 2. The number of nitrogens with one attached hydrogen (secondary N) is 1. The van der Waals surface area contributed by atoms with E-state index < -0.39 is 5.91 Å². The molecule has 4 rings (SSSR count). The second-order valence-corrected chi connectivity index (χ2v) is 7.24. The Bertz CT molecular complexity index is 1090. The van der Waals surface area contributed by atoms with E-state index in [1.807, 2.05) is 6.07 Å². The van der Waals surface area contributed by atoms with E-state index in [2.05, 4.69) is 30.2 Å². The van der Waals surface area contributed by atoms with E-state index in [0.29, 0.717) is 23.0 Å². The van der Waals surface area contributed by atoms with Crippen LogP contribution >= 0.6 is 0 Å². The van der Waals surface area contributed by atoms with Gasteiger partial charge < -0.3 is 26.4 Å². The van der Waals surface area contributed by atoms with Crippen molar-refractivity contribution in [1.82, 2.24) is 19.9 Å². The average Bonchev–Trinajstić information content (AvgIpc) is 2.79. The van der Waals surface area contributed by atoms with Crippen LogP contribution in [0.25, 0.3) is 11.4 Å². The SMILES string of the molecule is COc1nccnc1-c1ccc(N)c(C(=O)Nc2cnccc2N2CCCC(N)C2)n1. The summed E-state index contributed by atoms with van der Waals surface area (Å²) in [5, 5.41) is 2.89. The third kappa shape index (κ3) is 4.38. The fourth-order valence-electron chi connectivity index (χ4n) is 3.60. The van der Waals surface area contributed by atoms with Crippen molar-refractivity contribution in [3.8, 4) is 17.3 Å². The lowest BCUT2D eigenvalue weighted by Gasteiger charge is -2.33. The Hall–Kier alpha value is -3.79. The molecule has 0 aliphatic carbocycles. The zero-order valence-corrected chi connectivity index (χ0v) is 17.2. The minimum Gasteiger partial charge on any atom is -0.479 e. The van der Waals surface area contributed by atoms with Gasteiger partial charge in [-0.3, -0.25) is 9.78 Å². The van der Waals surface area contributed by atoms with Crippen molar-refractivity contribution in [2.24, 2.45) is 5.73 Å². The summed E-state index contributed by atoms with van der Waals surface area (Å²) in [5.41, 5.74) is 14.8. The molecule has 4 heterocycles. The van der Waals surface area contributed by atoms with Crippen LogP contribution in [0, 0.1) is 0 Å². The number of aromatic nitrogens is 4. The second kappa shape index (κ2) is 8.92. The molecule has 3 aromatic heterocycles. The molecule has 160 valence electrons. The Morgan fingerprint density at radius 1 is 1.23 bits per heavy atom. The quantitative estimate of drug-likeness (QED) is 0.561. The van der Waals surface area contributed by atoms with E-state index in [1.54, 1.807) is 24.5 Å². The minimum absolute atomic E-state index is 0.0790. The van der Waals surface area contributed by atoms with Gasteiger partial charge in [-0.25, -0.2) is 15.0 Å². The van der Waals surface area contributed by atoms with Gasteiger partial charge in [0.1, 0.15) is 0 Å². The number of hydrogen-bond donors (Lipinski definition) is 3. The molecule has 1 atom stereocenters. The number of ether oxygens (including phenoxy) is 1. The number of nitrogens with zero attached hydrogens (tertiary/aromatic N) is 5. The largest absolute Gasteiger partial charge is 0.479 e. The molecule has 1 aliphatic rings. The summed E-state index contributed by atoms with van der Waals surface area (Å²) >= 11 is 0. The summed E-state index contributed by atoms with van der Waals surface area (Å²) < 4.78 is 5.25. The number of hydrogen-bond acceptors (Lipinski definition) is 9. The molecular weight excluding hydrogens is 396 g/mol. The number of carbonyl (C=O) groups is 1. The van der Waals surface area contributed by atoms with Gasteiger partial charge in [-0.2, -0.15) is 0 Å². The van der Waals surface area contributed by atoms with Crippen molar-refractivity contribution in [3.63, 3.8) is 0 Å². The fraction of sp³-hybridized carbons (Fsp3) is 0.286. The van der Waals surface area contributed by atoms with Gasteiger partial charge in [0.05, 0.1) is 36.1 Å². The van der Waals surface area contributed by atoms with Crippen LogP contribution in [0.2, 0.25) is 0 Å². The first-order valence-electron chi connectivity index (χ1n) is 9.94. The first kappa shape index (κ1) is 20.5. The molecule has 1 saturated heterocycles. The number of methoxy groups -OCH3 is 1. The third-order valence-electron chi connectivity index (χ3n) is 5.09. The molecule has 0 bridgehead atoms. The number of anilines is 3. The molecule has 10 heteroatoms. The van der Waals surface area contributed by atoms with Crippen LogP contribution in [0.4, 0.5) is 17.1 Å². The topological polar surface area (TPSA) is 145 Å². The van der Waals surface area contributed by atoms with E-state index in [-0.39, 0.29) is 17.4 Å². The van der Waals surface area contributed by atoms with Crippen LogP contribution in [0.5, 0.6) is 5.88 Å². The molecule has 5 N–H and O–H groups in total. The highest BCUT2D eigenvalue weighted by atomic mass is 16.5. The van der Waals surface area contributed by atoms with Crippen molar-refractivity contribution in [2.75, 3.05) is 36.1 Å². The molecule has 1 unspecified atom stereocenters. The third-order valence-corrected chi connectivity index (χ3v) is 5.09. The average molecular weight is 420 g/mol. The Morgan fingerprint density at radius 3 is 2.87 bits per heavy atom. The van der Waals surface area contributed by atoms with Crippen molar-refractivity contribution >= 4 is 23.0 Å². The van der Waals surface area contributed by atoms with Crippen LogP contribution < -0.4 is 26.4 Å². The zero-order valence-electron chi connectivity index (χ0n) is 17.2. The van der Waals surface area contributed by atoms with Crippen LogP contribution in [0.3, 0.4) is 0 Å². The van der Waals surface area contributed by atoms with Gasteiger partial charge in [0.25, 0.3) is 5.91 Å². The fourth-order valence-corrected chi connectivity index (χ4v) is 3.60.